The lowest BCUT2D eigenvalue weighted by Crippen LogP contribution is -2.33. The van der Waals surface area contributed by atoms with Crippen LogP contribution in [0.4, 0.5) is 13.2 Å². The summed E-state index contributed by atoms with van der Waals surface area (Å²) in [6, 6.07) is 1.33. The highest BCUT2D eigenvalue weighted by molar-refractivity contribution is 7.89. The fourth-order valence-electron chi connectivity index (χ4n) is 1.34. The molecule has 0 fully saturated rings. The van der Waals surface area contributed by atoms with Crippen LogP contribution in [0.3, 0.4) is 0 Å². The first kappa shape index (κ1) is 15.0. The Labute approximate surface area is 103 Å². The number of nitrogens with zero attached hydrogens (tertiary/aromatic N) is 1. The number of sulfonamides is 1. The maximum Gasteiger partial charge on any atom is 0.402 e. The number of aromatic nitrogens is 1. The summed E-state index contributed by atoms with van der Waals surface area (Å²) < 4.78 is 62.2. The number of alkyl halides is 3. The zero-order valence-electron chi connectivity index (χ0n) is 9.87. The average Bonchev–Trinajstić information content (AvgIpc) is 2.58. The summed E-state index contributed by atoms with van der Waals surface area (Å²) in [5, 5.41) is 2.83. The first-order valence-corrected chi connectivity index (χ1v) is 6.50. The second-order valence-corrected chi connectivity index (χ2v) is 5.52. The lowest BCUT2D eigenvalue weighted by atomic mass is 10.4. The van der Waals surface area contributed by atoms with Crippen LogP contribution >= 0.6 is 0 Å². The van der Waals surface area contributed by atoms with Crippen molar-refractivity contribution in [2.45, 2.75) is 17.6 Å². The Balaban J connectivity index is 2.88. The van der Waals surface area contributed by atoms with Crippen molar-refractivity contribution in [2.24, 2.45) is 7.05 Å². The van der Waals surface area contributed by atoms with Crippen LogP contribution in [0.15, 0.2) is 17.2 Å². The number of nitrogens with one attached hydrogen (secondary N) is 2. The zero-order chi connectivity index (χ0) is 14.0. The molecule has 0 amide bonds. The zero-order valence-corrected chi connectivity index (χ0v) is 10.7. The maximum absolute atomic E-state index is 12.0. The first-order valence-electron chi connectivity index (χ1n) is 5.02. The van der Waals surface area contributed by atoms with Gasteiger partial charge in [0.15, 0.2) is 0 Å². The lowest BCUT2D eigenvalue weighted by molar-refractivity contribution is -0.121. The van der Waals surface area contributed by atoms with E-state index in [2.05, 4.69) is 5.32 Å². The Bertz CT molecular complexity index is 508. The minimum Gasteiger partial charge on any atom is -0.352 e. The van der Waals surface area contributed by atoms with E-state index in [0.29, 0.717) is 12.2 Å². The fraction of sp³-hybridized carbons (Fsp3) is 0.556. The van der Waals surface area contributed by atoms with E-state index in [4.69, 9.17) is 0 Å². The van der Waals surface area contributed by atoms with Crippen molar-refractivity contribution in [2.75, 3.05) is 13.6 Å². The minimum atomic E-state index is -4.57. The van der Waals surface area contributed by atoms with Crippen LogP contribution in [0.1, 0.15) is 5.69 Å². The van der Waals surface area contributed by atoms with Crippen LogP contribution in [0.25, 0.3) is 0 Å². The summed E-state index contributed by atoms with van der Waals surface area (Å²) in [5.41, 5.74) is 0.657. The second kappa shape index (κ2) is 5.29. The number of aryl methyl sites for hydroxylation is 1. The summed E-state index contributed by atoms with van der Waals surface area (Å²) in [5.74, 6) is 0. The molecule has 9 heteroatoms. The van der Waals surface area contributed by atoms with Gasteiger partial charge in [-0.25, -0.2) is 13.1 Å². The molecule has 0 bridgehead atoms. The molecular weight excluding hydrogens is 271 g/mol. The standard InChI is InChI=1S/C9H14F3N3O2S/c1-13-4-7-3-8(5-15(7)2)18(16,17)14-6-9(10,11)12/h3,5,13-14H,4,6H2,1-2H3. The monoisotopic (exact) mass is 285 g/mol. The lowest BCUT2D eigenvalue weighted by Gasteiger charge is -2.07. The highest BCUT2D eigenvalue weighted by Crippen LogP contribution is 2.16. The molecule has 0 saturated heterocycles. The van der Waals surface area contributed by atoms with E-state index in [-0.39, 0.29) is 4.90 Å². The third kappa shape index (κ3) is 4.00. The van der Waals surface area contributed by atoms with Crippen LogP contribution in [0.5, 0.6) is 0 Å². The summed E-state index contributed by atoms with van der Waals surface area (Å²) in [6.07, 6.45) is -3.30. The van der Waals surface area contributed by atoms with Crippen molar-refractivity contribution in [3.8, 4) is 0 Å². The summed E-state index contributed by atoms with van der Waals surface area (Å²) in [4.78, 5) is -0.181. The molecule has 0 aromatic carbocycles. The van der Waals surface area contributed by atoms with Crippen molar-refractivity contribution in [1.29, 1.82) is 0 Å². The van der Waals surface area contributed by atoms with Gasteiger partial charge in [-0.3, -0.25) is 0 Å². The fourth-order valence-corrected chi connectivity index (χ4v) is 2.45. The van der Waals surface area contributed by atoms with Crippen LogP contribution in [-0.2, 0) is 23.6 Å². The molecule has 0 unspecified atom stereocenters. The molecule has 1 heterocycles. The predicted molar refractivity (Wildman–Crippen MR) is 59.4 cm³/mol. The van der Waals surface area contributed by atoms with Gasteiger partial charge in [0.25, 0.3) is 0 Å². The summed E-state index contributed by atoms with van der Waals surface area (Å²) in [7, 11) is -0.828. The Morgan fingerprint density at radius 1 is 1.39 bits per heavy atom. The van der Waals surface area contributed by atoms with Gasteiger partial charge in [-0.2, -0.15) is 13.2 Å². The third-order valence-corrected chi connectivity index (χ3v) is 3.58. The van der Waals surface area contributed by atoms with Gasteiger partial charge in [0, 0.05) is 25.5 Å². The molecule has 0 aliphatic heterocycles. The molecule has 18 heavy (non-hydrogen) atoms. The molecule has 1 rings (SSSR count). The van der Waals surface area contributed by atoms with Gasteiger partial charge in [-0.05, 0) is 13.1 Å². The second-order valence-electron chi connectivity index (χ2n) is 3.75. The molecule has 1 aromatic heterocycles. The Kier molecular flexibility index (Phi) is 4.41. The molecule has 0 aliphatic carbocycles. The van der Waals surface area contributed by atoms with Gasteiger partial charge in [0.05, 0.1) is 4.90 Å². The SMILES string of the molecule is CNCc1cc(S(=O)(=O)NCC(F)(F)F)cn1C. The normalized spacial score (nSPS) is 12.9. The largest absolute Gasteiger partial charge is 0.402 e. The Morgan fingerprint density at radius 2 is 2.00 bits per heavy atom. The first-order chi connectivity index (χ1) is 8.15. The molecular formula is C9H14F3N3O2S. The van der Waals surface area contributed by atoms with E-state index in [1.54, 1.807) is 18.7 Å². The predicted octanol–water partition coefficient (Wildman–Crippen LogP) is 0.585. The minimum absolute atomic E-state index is 0.181. The summed E-state index contributed by atoms with van der Waals surface area (Å²) in [6.45, 7) is -1.16. The molecule has 0 spiro atoms. The van der Waals surface area contributed by atoms with Gasteiger partial charge >= 0.3 is 6.18 Å². The van der Waals surface area contributed by atoms with Crippen LogP contribution in [0, 0.1) is 0 Å². The highest BCUT2D eigenvalue weighted by Gasteiger charge is 2.30. The quantitative estimate of drug-likeness (QED) is 0.832. The Hall–Kier alpha value is -1.06. The molecule has 2 N–H and O–H groups in total. The Morgan fingerprint density at radius 3 is 2.50 bits per heavy atom. The van der Waals surface area contributed by atoms with E-state index < -0.39 is 22.7 Å². The summed E-state index contributed by atoms with van der Waals surface area (Å²) >= 11 is 0. The number of rotatable bonds is 5. The van der Waals surface area contributed by atoms with Crippen LogP contribution < -0.4 is 10.0 Å². The topological polar surface area (TPSA) is 63.1 Å². The van der Waals surface area contributed by atoms with Crippen LogP contribution in [0.2, 0.25) is 0 Å². The van der Waals surface area contributed by atoms with E-state index >= 15 is 0 Å². The van der Waals surface area contributed by atoms with E-state index in [0.717, 1.165) is 0 Å². The van der Waals surface area contributed by atoms with Gasteiger partial charge in [0.2, 0.25) is 10.0 Å². The number of hydrogen-bond donors (Lipinski definition) is 2. The highest BCUT2D eigenvalue weighted by atomic mass is 32.2. The van der Waals surface area contributed by atoms with Gasteiger partial charge in [0.1, 0.15) is 6.54 Å². The van der Waals surface area contributed by atoms with Crippen molar-refractivity contribution in [1.82, 2.24) is 14.6 Å². The maximum atomic E-state index is 12.0. The van der Waals surface area contributed by atoms with Crippen molar-refractivity contribution in [3.63, 3.8) is 0 Å². The average molecular weight is 285 g/mol. The van der Waals surface area contributed by atoms with Crippen molar-refractivity contribution < 1.29 is 21.6 Å². The molecule has 104 valence electrons. The van der Waals surface area contributed by atoms with E-state index in [1.165, 1.54) is 17.0 Å². The number of halogens is 3. The van der Waals surface area contributed by atoms with Crippen LogP contribution in [-0.4, -0.2) is 32.8 Å². The number of hydrogen-bond acceptors (Lipinski definition) is 3. The third-order valence-electron chi connectivity index (χ3n) is 2.21. The molecule has 0 atom stereocenters. The van der Waals surface area contributed by atoms with Gasteiger partial charge in [-0.15, -0.1) is 0 Å². The van der Waals surface area contributed by atoms with Crippen molar-refractivity contribution in [3.05, 3.63) is 18.0 Å². The molecule has 5 nitrogen and oxygen atoms in total. The molecule has 0 radical (unpaired) electrons. The van der Waals surface area contributed by atoms with E-state index in [1.807, 2.05) is 0 Å². The molecule has 0 aliphatic rings. The van der Waals surface area contributed by atoms with E-state index in [9.17, 15) is 21.6 Å². The van der Waals surface area contributed by atoms with Crippen molar-refractivity contribution >= 4 is 10.0 Å². The van der Waals surface area contributed by atoms with Gasteiger partial charge < -0.3 is 9.88 Å². The van der Waals surface area contributed by atoms with Gasteiger partial charge in [-0.1, -0.05) is 0 Å². The molecule has 0 saturated carbocycles. The molecule has 1 aromatic rings. The smallest absolute Gasteiger partial charge is 0.352 e.